The van der Waals surface area contributed by atoms with Crippen molar-refractivity contribution < 1.29 is 22.7 Å². The highest BCUT2D eigenvalue weighted by atomic mass is 32.2. The molecule has 0 saturated heterocycles. The van der Waals surface area contributed by atoms with Crippen molar-refractivity contribution in [3.8, 4) is 0 Å². The normalized spacial score (nSPS) is 11.3. The summed E-state index contributed by atoms with van der Waals surface area (Å²) in [7, 11) is -2.72. The highest BCUT2D eigenvalue weighted by Crippen LogP contribution is 2.21. The molecule has 0 aromatic heterocycles. The van der Waals surface area contributed by atoms with Crippen LogP contribution in [0.15, 0.2) is 77.7 Å². The lowest BCUT2D eigenvalue weighted by molar-refractivity contribution is -0.116. The molecule has 0 saturated carbocycles. The minimum atomic E-state index is -3.97. The smallest absolute Gasteiger partial charge is 0.339 e. The highest BCUT2D eigenvalue weighted by Gasteiger charge is 2.27. The molecule has 0 bridgehead atoms. The molecule has 172 valence electrons. The van der Waals surface area contributed by atoms with Crippen molar-refractivity contribution >= 4 is 27.6 Å². The Hall–Kier alpha value is -3.49. The zero-order chi connectivity index (χ0) is 24.0. The van der Waals surface area contributed by atoms with E-state index in [-0.39, 0.29) is 22.7 Å². The molecule has 1 amide bonds. The zero-order valence-electron chi connectivity index (χ0n) is 18.7. The largest absolute Gasteiger partial charge is 0.465 e. The van der Waals surface area contributed by atoms with Gasteiger partial charge in [0.25, 0.3) is 0 Å². The Morgan fingerprint density at radius 2 is 1.61 bits per heavy atom. The molecule has 3 aromatic carbocycles. The summed E-state index contributed by atoms with van der Waals surface area (Å²) in [5, 5.41) is 2.64. The minimum Gasteiger partial charge on any atom is -0.465 e. The molecule has 0 unspecified atom stereocenters. The number of sulfonamides is 1. The maximum Gasteiger partial charge on any atom is 0.339 e. The number of aryl methyl sites for hydroxylation is 2. The molecule has 3 aromatic rings. The van der Waals surface area contributed by atoms with Crippen molar-refractivity contribution in [2.24, 2.45) is 0 Å². The lowest BCUT2D eigenvalue weighted by Gasteiger charge is -2.22. The average molecular weight is 467 g/mol. The van der Waals surface area contributed by atoms with Crippen LogP contribution in [0.4, 0.5) is 5.69 Å². The number of carbonyl (C=O) groups excluding carboxylic acids is 2. The number of nitrogens with one attached hydrogen (secondary N) is 1. The first-order valence-corrected chi connectivity index (χ1v) is 11.7. The molecule has 0 aliphatic heterocycles. The van der Waals surface area contributed by atoms with Gasteiger partial charge in [0.15, 0.2) is 0 Å². The van der Waals surface area contributed by atoms with Crippen LogP contribution in [0.25, 0.3) is 0 Å². The van der Waals surface area contributed by atoms with E-state index in [0.29, 0.717) is 0 Å². The molecule has 7 nitrogen and oxygen atoms in total. The quantitative estimate of drug-likeness (QED) is 0.508. The fraction of sp³-hybridized carbons (Fsp3) is 0.200. The molecule has 0 heterocycles. The Labute approximate surface area is 194 Å². The fourth-order valence-electron chi connectivity index (χ4n) is 3.33. The second-order valence-electron chi connectivity index (χ2n) is 7.66. The average Bonchev–Trinajstić information content (AvgIpc) is 2.79. The standard InChI is InChI=1S/C25H26N2O5S/c1-18-11-13-21(14-12-18)33(30,31)27(16-20-8-6-7-19(2)15-20)17-24(28)26-23-10-5-4-9-22(23)25(29)32-3/h4-15H,16-17H2,1-3H3,(H,26,28). The van der Waals surface area contributed by atoms with E-state index in [1.54, 1.807) is 30.3 Å². The van der Waals surface area contributed by atoms with Crippen molar-refractivity contribution in [1.29, 1.82) is 0 Å². The molecule has 0 atom stereocenters. The molecule has 3 rings (SSSR count). The van der Waals surface area contributed by atoms with Crippen LogP contribution in [-0.2, 0) is 26.1 Å². The van der Waals surface area contributed by atoms with Gasteiger partial charge in [-0.1, -0.05) is 59.7 Å². The summed E-state index contributed by atoms with van der Waals surface area (Å²) in [5.41, 5.74) is 3.10. The number of carbonyl (C=O) groups is 2. The Morgan fingerprint density at radius 1 is 0.909 bits per heavy atom. The molecule has 0 aliphatic carbocycles. The van der Waals surface area contributed by atoms with Gasteiger partial charge < -0.3 is 10.1 Å². The number of methoxy groups -OCH3 is 1. The van der Waals surface area contributed by atoms with Crippen LogP contribution < -0.4 is 5.32 Å². The molecule has 1 N–H and O–H groups in total. The summed E-state index contributed by atoms with van der Waals surface area (Å²) in [4.78, 5) is 25.0. The number of hydrogen-bond acceptors (Lipinski definition) is 5. The number of esters is 1. The van der Waals surface area contributed by atoms with Gasteiger partial charge >= 0.3 is 5.97 Å². The Balaban J connectivity index is 1.90. The fourth-order valence-corrected chi connectivity index (χ4v) is 4.71. The van der Waals surface area contributed by atoms with E-state index in [1.807, 2.05) is 38.1 Å². The Morgan fingerprint density at radius 3 is 2.27 bits per heavy atom. The second-order valence-corrected chi connectivity index (χ2v) is 9.60. The molecule has 0 radical (unpaired) electrons. The third kappa shape index (κ3) is 6.06. The van der Waals surface area contributed by atoms with Crippen molar-refractivity contribution in [3.63, 3.8) is 0 Å². The van der Waals surface area contributed by atoms with Gasteiger partial charge in [0.05, 0.1) is 29.8 Å². The number of anilines is 1. The number of nitrogens with zero attached hydrogens (tertiary/aromatic N) is 1. The number of ether oxygens (including phenoxy) is 1. The Bertz CT molecular complexity index is 1250. The maximum atomic E-state index is 13.4. The molecule has 33 heavy (non-hydrogen) atoms. The van der Waals surface area contributed by atoms with Gasteiger partial charge in [0, 0.05) is 6.54 Å². The first-order valence-electron chi connectivity index (χ1n) is 10.3. The predicted octanol–water partition coefficient (Wildman–Crippen LogP) is 3.92. The van der Waals surface area contributed by atoms with E-state index in [1.165, 1.54) is 25.3 Å². The number of benzene rings is 3. The summed E-state index contributed by atoms with van der Waals surface area (Å²) in [6.45, 7) is 3.37. The third-order valence-electron chi connectivity index (χ3n) is 5.03. The minimum absolute atomic E-state index is 0.0178. The van der Waals surface area contributed by atoms with Gasteiger partial charge in [-0.15, -0.1) is 0 Å². The summed E-state index contributed by atoms with van der Waals surface area (Å²) in [5.74, 6) is -1.18. The lowest BCUT2D eigenvalue weighted by Crippen LogP contribution is -2.37. The van der Waals surface area contributed by atoms with Crippen molar-refractivity contribution in [2.45, 2.75) is 25.3 Å². The van der Waals surface area contributed by atoms with Crippen LogP contribution in [0.3, 0.4) is 0 Å². The molecular formula is C25H26N2O5S. The van der Waals surface area contributed by atoms with E-state index in [4.69, 9.17) is 4.74 Å². The topological polar surface area (TPSA) is 92.8 Å². The zero-order valence-corrected chi connectivity index (χ0v) is 19.6. The summed E-state index contributed by atoms with van der Waals surface area (Å²) in [6, 6.07) is 20.3. The van der Waals surface area contributed by atoms with Crippen LogP contribution in [0.2, 0.25) is 0 Å². The van der Waals surface area contributed by atoms with Gasteiger partial charge in [0.1, 0.15) is 0 Å². The first-order chi connectivity index (χ1) is 15.7. The molecule has 0 spiro atoms. The highest BCUT2D eigenvalue weighted by molar-refractivity contribution is 7.89. The summed E-state index contributed by atoms with van der Waals surface area (Å²) >= 11 is 0. The van der Waals surface area contributed by atoms with E-state index >= 15 is 0 Å². The lowest BCUT2D eigenvalue weighted by atomic mass is 10.1. The predicted molar refractivity (Wildman–Crippen MR) is 126 cm³/mol. The van der Waals surface area contributed by atoms with Crippen LogP contribution >= 0.6 is 0 Å². The number of amides is 1. The molecule has 0 aliphatic rings. The van der Waals surface area contributed by atoms with Crippen LogP contribution in [-0.4, -0.2) is 38.3 Å². The van der Waals surface area contributed by atoms with Crippen molar-refractivity contribution in [3.05, 3.63) is 95.1 Å². The summed E-state index contributed by atoms with van der Waals surface area (Å²) < 4.78 is 32.7. The third-order valence-corrected chi connectivity index (χ3v) is 6.83. The number of rotatable bonds is 8. The van der Waals surface area contributed by atoms with Crippen molar-refractivity contribution in [1.82, 2.24) is 4.31 Å². The molecule has 0 fully saturated rings. The van der Waals surface area contributed by atoms with Gasteiger partial charge in [-0.25, -0.2) is 13.2 Å². The van der Waals surface area contributed by atoms with E-state index in [2.05, 4.69) is 5.32 Å². The van der Waals surface area contributed by atoms with Crippen LogP contribution in [0.5, 0.6) is 0 Å². The van der Waals surface area contributed by atoms with Gasteiger partial charge in [-0.2, -0.15) is 4.31 Å². The second kappa shape index (κ2) is 10.4. The first kappa shape index (κ1) is 24.2. The van der Waals surface area contributed by atoms with Crippen LogP contribution in [0.1, 0.15) is 27.0 Å². The van der Waals surface area contributed by atoms with Gasteiger partial charge in [-0.3, -0.25) is 4.79 Å². The maximum absolute atomic E-state index is 13.4. The van der Waals surface area contributed by atoms with E-state index in [9.17, 15) is 18.0 Å². The monoisotopic (exact) mass is 466 g/mol. The van der Waals surface area contributed by atoms with Gasteiger partial charge in [-0.05, 0) is 43.7 Å². The van der Waals surface area contributed by atoms with Crippen LogP contribution in [0, 0.1) is 13.8 Å². The number of para-hydroxylation sites is 1. The SMILES string of the molecule is COC(=O)c1ccccc1NC(=O)CN(Cc1cccc(C)c1)S(=O)(=O)c1ccc(C)cc1. The number of hydrogen-bond donors (Lipinski definition) is 1. The molecule has 8 heteroatoms. The van der Waals surface area contributed by atoms with Gasteiger partial charge in [0.2, 0.25) is 15.9 Å². The van der Waals surface area contributed by atoms with Crippen molar-refractivity contribution in [2.75, 3.05) is 19.0 Å². The van der Waals surface area contributed by atoms with E-state index in [0.717, 1.165) is 21.0 Å². The molecular weight excluding hydrogens is 440 g/mol. The Kier molecular flexibility index (Phi) is 7.63. The van der Waals surface area contributed by atoms with E-state index < -0.39 is 28.4 Å². The summed E-state index contributed by atoms with van der Waals surface area (Å²) in [6.07, 6.45) is 0.